The topological polar surface area (TPSA) is 73.6 Å². The minimum Gasteiger partial charge on any atom is -0.398 e. The Kier molecular flexibility index (Phi) is 4.35. The summed E-state index contributed by atoms with van der Waals surface area (Å²) in [5.41, 5.74) is 5.95. The summed E-state index contributed by atoms with van der Waals surface area (Å²) in [7, 11) is 0. The first kappa shape index (κ1) is 10.0. The summed E-state index contributed by atoms with van der Waals surface area (Å²) < 4.78 is 0. The Bertz CT molecular complexity index is 259. The summed E-state index contributed by atoms with van der Waals surface area (Å²) in [6.45, 7) is 0. The zero-order chi connectivity index (χ0) is 8.85. The molecule has 11 heavy (non-hydrogen) atoms. The fraction of sp³-hybridized carbons (Fsp3) is 0. The minimum atomic E-state index is 0.502. The van der Waals surface area contributed by atoms with E-state index in [2.05, 4.69) is 0 Å². The van der Waals surface area contributed by atoms with Crippen LogP contribution in [0, 0.1) is 10.8 Å². The van der Waals surface area contributed by atoms with E-state index in [-0.39, 0.29) is 0 Å². The molecule has 1 aromatic rings. The molecule has 0 radical (unpaired) electrons. The van der Waals surface area contributed by atoms with Crippen molar-refractivity contribution < 1.29 is 0 Å². The molecule has 3 nitrogen and oxygen atoms in total. The molecule has 2 N–H and O–H groups in total. The van der Waals surface area contributed by atoms with Gasteiger partial charge in [-0.15, -0.1) is 0 Å². The second-order valence-corrected chi connectivity index (χ2v) is 2.51. The Labute approximate surface area is 74.1 Å². The van der Waals surface area contributed by atoms with Gasteiger partial charge in [-0.2, -0.15) is 0 Å². The van der Waals surface area contributed by atoms with Crippen molar-refractivity contribution in [2.75, 3.05) is 5.73 Å². The molecule has 1 aromatic carbocycles. The summed E-state index contributed by atoms with van der Waals surface area (Å²) in [5, 5.41) is 13.1. The molecule has 0 spiro atoms. The Hall–Kier alpha value is -0.980. The number of nitrogens with two attached hydrogens (primary N) is 1. The third-order valence-corrected chi connectivity index (χ3v) is 1.52. The van der Waals surface area contributed by atoms with Gasteiger partial charge >= 0.3 is 0 Å². The van der Waals surface area contributed by atoms with Crippen molar-refractivity contribution in [2.24, 2.45) is 0 Å². The van der Waals surface area contributed by atoms with E-state index in [1.54, 1.807) is 18.2 Å². The van der Waals surface area contributed by atoms with Crippen LogP contribution in [0.15, 0.2) is 18.2 Å². The van der Waals surface area contributed by atoms with Crippen molar-refractivity contribution in [3.05, 3.63) is 28.2 Å². The van der Waals surface area contributed by atoms with Gasteiger partial charge in [0.05, 0.1) is 10.7 Å². The Balaban J connectivity index is 0.000000461. The average Bonchev–Trinajstić information content (AvgIpc) is 2.02. The van der Waals surface area contributed by atoms with Crippen LogP contribution in [0.3, 0.4) is 0 Å². The van der Waals surface area contributed by atoms with Crippen LogP contribution >= 0.6 is 23.2 Å². The summed E-state index contributed by atoms with van der Waals surface area (Å²) in [5.74, 6) is 0. The van der Waals surface area contributed by atoms with Crippen LogP contribution in [-0.2, 0) is 0 Å². The SMILES string of the molecule is N#N.Nc1ccc(Cl)cc1Cl. The van der Waals surface area contributed by atoms with Crippen LogP contribution < -0.4 is 5.73 Å². The fourth-order valence-electron chi connectivity index (χ4n) is 0.502. The number of hydrogen-bond donors (Lipinski definition) is 1. The van der Waals surface area contributed by atoms with Gasteiger partial charge in [0.15, 0.2) is 0 Å². The van der Waals surface area contributed by atoms with Gasteiger partial charge in [0.1, 0.15) is 0 Å². The van der Waals surface area contributed by atoms with E-state index in [0.717, 1.165) is 0 Å². The first-order valence-corrected chi connectivity index (χ1v) is 3.36. The van der Waals surface area contributed by atoms with Crippen LogP contribution in [0.2, 0.25) is 10.0 Å². The standard InChI is InChI=1S/C6H5Cl2N.N2/c7-4-1-2-6(9)5(8)3-4;1-2/h1-3H,9H2;. The van der Waals surface area contributed by atoms with Crippen molar-refractivity contribution in [3.63, 3.8) is 0 Å². The second-order valence-electron chi connectivity index (χ2n) is 1.67. The highest BCUT2D eigenvalue weighted by molar-refractivity contribution is 6.36. The smallest absolute Gasteiger partial charge is 0.0650 e. The summed E-state index contributed by atoms with van der Waals surface area (Å²) in [6, 6.07) is 4.98. The minimum absolute atomic E-state index is 0.502. The highest BCUT2D eigenvalue weighted by Crippen LogP contribution is 2.21. The van der Waals surface area contributed by atoms with E-state index in [9.17, 15) is 0 Å². The molecular weight excluding hydrogens is 185 g/mol. The monoisotopic (exact) mass is 189 g/mol. The van der Waals surface area contributed by atoms with Crippen LogP contribution in [0.4, 0.5) is 5.69 Å². The Morgan fingerprint density at radius 2 is 1.73 bits per heavy atom. The quantitative estimate of drug-likeness (QED) is 0.504. The second kappa shape index (κ2) is 4.78. The molecule has 0 aliphatic rings. The zero-order valence-electron chi connectivity index (χ0n) is 5.46. The average molecular weight is 190 g/mol. The molecule has 0 saturated heterocycles. The van der Waals surface area contributed by atoms with E-state index < -0.39 is 0 Å². The highest BCUT2D eigenvalue weighted by atomic mass is 35.5. The van der Waals surface area contributed by atoms with Crippen molar-refractivity contribution in [2.45, 2.75) is 0 Å². The first-order chi connectivity index (χ1) is 5.20. The van der Waals surface area contributed by atoms with Gasteiger partial charge in [-0.05, 0) is 18.2 Å². The molecule has 0 aliphatic heterocycles. The van der Waals surface area contributed by atoms with Gasteiger partial charge in [0, 0.05) is 15.8 Å². The van der Waals surface area contributed by atoms with E-state index in [0.29, 0.717) is 15.7 Å². The molecule has 0 bridgehead atoms. The molecule has 58 valence electrons. The Morgan fingerprint density at radius 3 is 2.09 bits per heavy atom. The van der Waals surface area contributed by atoms with Crippen LogP contribution in [0.1, 0.15) is 0 Å². The summed E-state index contributed by atoms with van der Waals surface area (Å²) >= 11 is 11.2. The van der Waals surface area contributed by atoms with Gasteiger partial charge in [-0.25, -0.2) is 0 Å². The lowest BCUT2D eigenvalue weighted by molar-refractivity contribution is 1.15. The maximum Gasteiger partial charge on any atom is 0.0650 e. The van der Waals surface area contributed by atoms with Gasteiger partial charge in [-0.1, -0.05) is 23.2 Å². The van der Waals surface area contributed by atoms with Gasteiger partial charge in [0.25, 0.3) is 0 Å². The van der Waals surface area contributed by atoms with Crippen LogP contribution in [0.5, 0.6) is 0 Å². The number of rotatable bonds is 0. The van der Waals surface area contributed by atoms with Gasteiger partial charge in [-0.3, -0.25) is 0 Å². The van der Waals surface area contributed by atoms with E-state index >= 15 is 0 Å². The zero-order valence-corrected chi connectivity index (χ0v) is 6.97. The predicted octanol–water partition coefficient (Wildman–Crippen LogP) is 2.61. The van der Waals surface area contributed by atoms with Crippen molar-refractivity contribution in [3.8, 4) is 0 Å². The van der Waals surface area contributed by atoms with E-state index in [1.807, 2.05) is 0 Å². The third kappa shape index (κ3) is 3.08. The van der Waals surface area contributed by atoms with Crippen LogP contribution in [0.25, 0.3) is 0 Å². The molecule has 0 unspecified atom stereocenters. The summed E-state index contributed by atoms with van der Waals surface area (Å²) in [6.07, 6.45) is 0. The third-order valence-electron chi connectivity index (χ3n) is 0.962. The molecule has 0 amide bonds. The number of halogens is 2. The number of benzene rings is 1. The lowest BCUT2D eigenvalue weighted by Crippen LogP contribution is -1.83. The maximum atomic E-state index is 6.00. The van der Waals surface area contributed by atoms with Crippen LogP contribution in [-0.4, -0.2) is 0 Å². The lowest BCUT2D eigenvalue weighted by Gasteiger charge is -1.94. The molecule has 0 aliphatic carbocycles. The fourth-order valence-corrected chi connectivity index (χ4v) is 0.910. The molecule has 5 heteroatoms. The Morgan fingerprint density at radius 1 is 1.18 bits per heavy atom. The lowest BCUT2D eigenvalue weighted by atomic mass is 10.3. The normalized spacial score (nSPS) is 8.00. The first-order valence-electron chi connectivity index (χ1n) is 2.60. The van der Waals surface area contributed by atoms with Gasteiger partial charge in [0.2, 0.25) is 0 Å². The predicted molar refractivity (Wildman–Crippen MR) is 44.3 cm³/mol. The molecule has 0 fully saturated rings. The molecule has 0 saturated carbocycles. The number of nitrogen functional groups attached to an aromatic ring is 1. The number of hydrogen-bond acceptors (Lipinski definition) is 3. The highest BCUT2D eigenvalue weighted by Gasteiger charge is 1.93. The molecule has 0 heterocycles. The molecule has 0 atom stereocenters. The number of anilines is 1. The molecule has 0 aromatic heterocycles. The largest absolute Gasteiger partial charge is 0.398 e. The van der Waals surface area contributed by atoms with E-state index in [1.165, 1.54) is 0 Å². The molecule has 1 rings (SSSR count). The van der Waals surface area contributed by atoms with Crippen molar-refractivity contribution in [1.29, 1.82) is 10.8 Å². The number of nitrogens with zero attached hydrogens (tertiary/aromatic N) is 2. The summed E-state index contributed by atoms with van der Waals surface area (Å²) in [4.78, 5) is 0. The van der Waals surface area contributed by atoms with Crippen molar-refractivity contribution >= 4 is 28.9 Å². The van der Waals surface area contributed by atoms with Crippen molar-refractivity contribution in [1.82, 2.24) is 0 Å². The van der Waals surface area contributed by atoms with Gasteiger partial charge < -0.3 is 5.73 Å². The van der Waals surface area contributed by atoms with E-state index in [4.69, 9.17) is 39.7 Å². The maximum absolute atomic E-state index is 6.00. The molecular formula is C6H5Cl2N3.